The SMILES string of the molecule is COc1ccccc1N(C)c1cc(CN)ccn1. The van der Waals surface area contributed by atoms with Crippen LogP contribution in [0.25, 0.3) is 0 Å². The largest absolute Gasteiger partial charge is 0.495 e. The number of nitrogens with two attached hydrogens (primary N) is 1. The van der Waals surface area contributed by atoms with E-state index in [9.17, 15) is 0 Å². The Morgan fingerprint density at radius 3 is 2.78 bits per heavy atom. The molecule has 1 aromatic carbocycles. The Hall–Kier alpha value is -2.07. The summed E-state index contributed by atoms with van der Waals surface area (Å²) in [5, 5.41) is 0. The Kier molecular flexibility index (Phi) is 3.79. The molecule has 2 aromatic rings. The molecule has 2 rings (SSSR count). The van der Waals surface area contributed by atoms with Gasteiger partial charge in [-0.3, -0.25) is 0 Å². The zero-order chi connectivity index (χ0) is 13.0. The van der Waals surface area contributed by atoms with Gasteiger partial charge < -0.3 is 15.4 Å². The number of nitrogens with zero attached hydrogens (tertiary/aromatic N) is 2. The van der Waals surface area contributed by atoms with Crippen molar-refractivity contribution < 1.29 is 4.74 Å². The normalized spacial score (nSPS) is 10.2. The zero-order valence-electron chi connectivity index (χ0n) is 10.6. The summed E-state index contributed by atoms with van der Waals surface area (Å²) in [6, 6.07) is 11.7. The smallest absolute Gasteiger partial charge is 0.142 e. The van der Waals surface area contributed by atoms with Gasteiger partial charge in [0.05, 0.1) is 12.8 Å². The fraction of sp³-hybridized carbons (Fsp3) is 0.214. The predicted molar refractivity (Wildman–Crippen MR) is 73.2 cm³/mol. The van der Waals surface area contributed by atoms with E-state index in [-0.39, 0.29) is 0 Å². The molecular formula is C14H17N3O. The van der Waals surface area contributed by atoms with Gasteiger partial charge in [-0.05, 0) is 29.8 Å². The molecule has 0 bridgehead atoms. The maximum atomic E-state index is 5.64. The fourth-order valence-electron chi connectivity index (χ4n) is 1.80. The number of hydrogen-bond donors (Lipinski definition) is 1. The van der Waals surface area contributed by atoms with Crippen molar-refractivity contribution >= 4 is 11.5 Å². The zero-order valence-corrected chi connectivity index (χ0v) is 10.6. The van der Waals surface area contributed by atoms with Crippen molar-refractivity contribution in [2.24, 2.45) is 5.73 Å². The van der Waals surface area contributed by atoms with Crippen LogP contribution < -0.4 is 15.4 Å². The van der Waals surface area contributed by atoms with Gasteiger partial charge in [-0.25, -0.2) is 4.98 Å². The molecule has 0 aliphatic heterocycles. The van der Waals surface area contributed by atoms with E-state index in [0.29, 0.717) is 6.54 Å². The maximum Gasteiger partial charge on any atom is 0.142 e. The highest BCUT2D eigenvalue weighted by Crippen LogP contribution is 2.31. The van der Waals surface area contributed by atoms with E-state index in [1.807, 2.05) is 48.3 Å². The van der Waals surface area contributed by atoms with Gasteiger partial charge in [0.15, 0.2) is 0 Å². The minimum atomic E-state index is 0.509. The summed E-state index contributed by atoms with van der Waals surface area (Å²) in [4.78, 5) is 6.34. The van der Waals surface area contributed by atoms with Crippen LogP contribution in [0.2, 0.25) is 0 Å². The number of rotatable bonds is 4. The minimum absolute atomic E-state index is 0.509. The fourth-order valence-corrected chi connectivity index (χ4v) is 1.80. The van der Waals surface area contributed by atoms with Crippen LogP contribution in [-0.2, 0) is 6.54 Å². The average Bonchev–Trinajstić information content (AvgIpc) is 2.46. The molecule has 0 unspecified atom stereocenters. The van der Waals surface area contributed by atoms with Gasteiger partial charge >= 0.3 is 0 Å². The van der Waals surface area contributed by atoms with Crippen molar-refractivity contribution in [3.05, 3.63) is 48.2 Å². The molecular weight excluding hydrogens is 226 g/mol. The van der Waals surface area contributed by atoms with Gasteiger partial charge in [-0.15, -0.1) is 0 Å². The molecule has 1 heterocycles. The lowest BCUT2D eigenvalue weighted by Gasteiger charge is -2.21. The van der Waals surface area contributed by atoms with Gasteiger partial charge in [-0.1, -0.05) is 12.1 Å². The summed E-state index contributed by atoms with van der Waals surface area (Å²) in [7, 11) is 3.62. The van der Waals surface area contributed by atoms with E-state index in [1.54, 1.807) is 13.3 Å². The first kappa shape index (κ1) is 12.4. The van der Waals surface area contributed by atoms with Crippen molar-refractivity contribution in [2.75, 3.05) is 19.1 Å². The molecule has 94 valence electrons. The molecule has 0 saturated carbocycles. The lowest BCUT2D eigenvalue weighted by molar-refractivity contribution is 0.415. The summed E-state index contributed by atoms with van der Waals surface area (Å²) in [5.41, 5.74) is 7.67. The number of hydrogen-bond acceptors (Lipinski definition) is 4. The molecule has 0 atom stereocenters. The standard InChI is InChI=1S/C14H17N3O/c1-17(12-5-3-4-6-13(12)18-2)14-9-11(10-15)7-8-16-14/h3-9H,10,15H2,1-2H3. The summed E-state index contributed by atoms with van der Waals surface area (Å²) in [5.74, 6) is 1.67. The number of aromatic nitrogens is 1. The molecule has 0 radical (unpaired) electrons. The first-order valence-corrected chi connectivity index (χ1v) is 5.78. The summed E-state index contributed by atoms with van der Waals surface area (Å²) < 4.78 is 5.35. The molecule has 0 aliphatic carbocycles. The Labute approximate surface area is 107 Å². The van der Waals surface area contributed by atoms with Gasteiger partial charge in [0.2, 0.25) is 0 Å². The molecule has 1 aromatic heterocycles. The molecule has 0 aliphatic rings. The van der Waals surface area contributed by atoms with E-state index in [4.69, 9.17) is 10.5 Å². The van der Waals surface area contributed by atoms with Gasteiger partial charge in [-0.2, -0.15) is 0 Å². The van der Waals surface area contributed by atoms with Crippen LogP contribution >= 0.6 is 0 Å². The Bertz CT molecular complexity index is 528. The number of ether oxygens (including phenoxy) is 1. The number of anilines is 2. The first-order valence-electron chi connectivity index (χ1n) is 5.78. The molecule has 18 heavy (non-hydrogen) atoms. The third kappa shape index (κ3) is 2.43. The van der Waals surface area contributed by atoms with Crippen LogP contribution in [0.5, 0.6) is 5.75 Å². The second kappa shape index (κ2) is 5.51. The van der Waals surface area contributed by atoms with E-state index in [1.165, 1.54) is 0 Å². The Balaban J connectivity index is 2.37. The minimum Gasteiger partial charge on any atom is -0.495 e. The topological polar surface area (TPSA) is 51.4 Å². The third-order valence-corrected chi connectivity index (χ3v) is 2.84. The summed E-state index contributed by atoms with van der Waals surface area (Å²) in [6.45, 7) is 0.509. The molecule has 0 fully saturated rings. The van der Waals surface area contributed by atoms with Crippen molar-refractivity contribution in [1.82, 2.24) is 4.98 Å². The molecule has 0 amide bonds. The highest BCUT2D eigenvalue weighted by atomic mass is 16.5. The highest BCUT2D eigenvalue weighted by Gasteiger charge is 2.10. The average molecular weight is 243 g/mol. The van der Waals surface area contributed by atoms with Crippen molar-refractivity contribution in [2.45, 2.75) is 6.54 Å². The summed E-state index contributed by atoms with van der Waals surface area (Å²) >= 11 is 0. The maximum absolute atomic E-state index is 5.64. The second-order valence-electron chi connectivity index (χ2n) is 3.96. The lowest BCUT2D eigenvalue weighted by Crippen LogP contribution is -2.13. The van der Waals surface area contributed by atoms with Crippen LogP contribution in [-0.4, -0.2) is 19.1 Å². The van der Waals surface area contributed by atoms with E-state index < -0.39 is 0 Å². The Morgan fingerprint density at radius 2 is 2.06 bits per heavy atom. The van der Waals surface area contributed by atoms with Crippen LogP contribution in [0, 0.1) is 0 Å². The molecule has 0 saturated heterocycles. The van der Waals surface area contributed by atoms with Crippen LogP contribution in [0.15, 0.2) is 42.6 Å². The number of methoxy groups -OCH3 is 1. The van der Waals surface area contributed by atoms with Crippen molar-refractivity contribution in [3.8, 4) is 5.75 Å². The third-order valence-electron chi connectivity index (χ3n) is 2.84. The van der Waals surface area contributed by atoms with Crippen LogP contribution in [0.3, 0.4) is 0 Å². The van der Waals surface area contributed by atoms with Crippen LogP contribution in [0.1, 0.15) is 5.56 Å². The second-order valence-corrected chi connectivity index (χ2v) is 3.96. The van der Waals surface area contributed by atoms with E-state index in [0.717, 1.165) is 22.8 Å². The highest BCUT2D eigenvalue weighted by molar-refractivity contribution is 5.66. The number of pyridine rings is 1. The summed E-state index contributed by atoms with van der Waals surface area (Å²) in [6.07, 6.45) is 1.77. The molecule has 4 heteroatoms. The first-order chi connectivity index (χ1) is 8.76. The van der Waals surface area contributed by atoms with E-state index >= 15 is 0 Å². The number of benzene rings is 1. The molecule has 0 spiro atoms. The Morgan fingerprint density at radius 1 is 1.28 bits per heavy atom. The van der Waals surface area contributed by atoms with E-state index in [2.05, 4.69) is 4.98 Å². The van der Waals surface area contributed by atoms with Crippen molar-refractivity contribution in [3.63, 3.8) is 0 Å². The number of para-hydroxylation sites is 2. The molecule has 2 N–H and O–H groups in total. The monoisotopic (exact) mass is 243 g/mol. The van der Waals surface area contributed by atoms with Gasteiger partial charge in [0.25, 0.3) is 0 Å². The predicted octanol–water partition coefficient (Wildman–Crippen LogP) is 2.32. The van der Waals surface area contributed by atoms with Crippen LogP contribution in [0.4, 0.5) is 11.5 Å². The van der Waals surface area contributed by atoms with Gasteiger partial charge in [0, 0.05) is 19.8 Å². The molecule has 4 nitrogen and oxygen atoms in total. The van der Waals surface area contributed by atoms with Gasteiger partial charge in [0.1, 0.15) is 11.6 Å². The lowest BCUT2D eigenvalue weighted by atomic mass is 10.2. The quantitative estimate of drug-likeness (QED) is 0.895. The van der Waals surface area contributed by atoms with Crippen molar-refractivity contribution in [1.29, 1.82) is 0 Å².